The molecule has 0 saturated carbocycles. The van der Waals surface area contributed by atoms with E-state index in [1.807, 2.05) is 0 Å². The lowest BCUT2D eigenvalue weighted by Crippen LogP contribution is -2.19. The minimum atomic E-state index is -0.654. The van der Waals surface area contributed by atoms with E-state index in [1.165, 1.54) is 10.9 Å². The topological polar surface area (TPSA) is 87.3 Å². The summed E-state index contributed by atoms with van der Waals surface area (Å²) in [5.41, 5.74) is -0.147. The van der Waals surface area contributed by atoms with Gasteiger partial charge in [-0.2, -0.15) is 5.10 Å². The van der Waals surface area contributed by atoms with Crippen molar-refractivity contribution in [2.45, 2.75) is 19.9 Å². The molecule has 0 spiro atoms. The number of esters is 1. The summed E-state index contributed by atoms with van der Waals surface area (Å²) in [6, 6.07) is -0.654. The van der Waals surface area contributed by atoms with Gasteiger partial charge >= 0.3 is 11.7 Å². The molecule has 1 rings (SSSR count). The van der Waals surface area contributed by atoms with E-state index in [4.69, 9.17) is 4.74 Å². The van der Waals surface area contributed by atoms with E-state index in [-0.39, 0.29) is 12.3 Å². The van der Waals surface area contributed by atoms with Crippen LogP contribution < -0.4 is 0 Å². The molecule has 0 radical (unpaired) electrons. The molecule has 0 aliphatic heterocycles. The van der Waals surface area contributed by atoms with Gasteiger partial charge in [-0.05, 0) is 13.8 Å². The molecule has 7 heteroatoms. The molecule has 1 heterocycles. The first-order chi connectivity index (χ1) is 7.06. The predicted octanol–water partition coefficient (Wildman–Crippen LogP) is 0.915. The summed E-state index contributed by atoms with van der Waals surface area (Å²) in [7, 11) is 0. The highest BCUT2D eigenvalue weighted by atomic mass is 16.6. The molecular weight excluding hydrogens is 202 g/mol. The molecule has 0 fully saturated rings. The average molecular weight is 213 g/mol. The van der Waals surface area contributed by atoms with Gasteiger partial charge in [0.25, 0.3) is 0 Å². The number of rotatable bonds is 4. The van der Waals surface area contributed by atoms with E-state index < -0.39 is 16.9 Å². The highest BCUT2D eigenvalue weighted by Gasteiger charge is 2.19. The summed E-state index contributed by atoms with van der Waals surface area (Å²) in [6.07, 6.45) is 2.29. The SMILES string of the molecule is CCOC(=O)[C@H](C)n1cc([N+](=O)[O-])cn1. The largest absolute Gasteiger partial charge is 0.464 e. The molecule has 0 bridgehead atoms. The van der Waals surface area contributed by atoms with Crippen LogP contribution in [-0.2, 0) is 9.53 Å². The van der Waals surface area contributed by atoms with Crippen LogP contribution in [0.25, 0.3) is 0 Å². The first-order valence-electron chi connectivity index (χ1n) is 4.41. The zero-order chi connectivity index (χ0) is 11.4. The molecule has 0 amide bonds. The first kappa shape index (κ1) is 11.2. The Labute approximate surface area is 85.8 Å². The molecule has 0 aliphatic rings. The van der Waals surface area contributed by atoms with Crippen molar-refractivity contribution in [1.82, 2.24) is 9.78 Å². The maximum Gasteiger partial charge on any atom is 0.330 e. The smallest absolute Gasteiger partial charge is 0.330 e. The molecular formula is C8H11N3O4. The molecule has 15 heavy (non-hydrogen) atoms. The number of ether oxygens (including phenoxy) is 1. The van der Waals surface area contributed by atoms with E-state index in [0.717, 1.165) is 6.20 Å². The van der Waals surface area contributed by atoms with Gasteiger partial charge < -0.3 is 4.74 Å². The predicted molar refractivity (Wildman–Crippen MR) is 50.2 cm³/mol. The Hall–Kier alpha value is -1.92. The van der Waals surface area contributed by atoms with Gasteiger partial charge in [0.15, 0.2) is 0 Å². The van der Waals surface area contributed by atoms with Gasteiger partial charge in [0.05, 0.1) is 11.5 Å². The number of nitrogens with zero attached hydrogens (tertiary/aromatic N) is 3. The molecule has 0 unspecified atom stereocenters. The standard InChI is InChI=1S/C8H11N3O4/c1-3-15-8(12)6(2)10-5-7(4-9-10)11(13)14/h4-6H,3H2,1-2H3/t6-/m0/s1. The van der Waals surface area contributed by atoms with E-state index >= 15 is 0 Å². The molecule has 1 aromatic rings. The minimum absolute atomic E-state index is 0.147. The Balaban J connectivity index is 2.78. The molecule has 82 valence electrons. The molecule has 0 N–H and O–H groups in total. The zero-order valence-corrected chi connectivity index (χ0v) is 8.41. The van der Waals surface area contributed by atoms with Crippen LogP contribution in [0.5, 0.6) is 0 Å². The fraction of sp³-hybridized carbons (Fsp3) is 0.500. The van der Waals surface area contributed by atoms with Crippen molar-refractivity contribution in [2.75, 3.05) is 6.61 Å². The minimum Gasteiger partial charge on any atom is -0.464 e. The van der Waals surface area contributed by atoms with Crippen molar-refractivity contribution in [3.8, 4) is 0 Å². The van der Waals surface area contributed by atoms with E-state index in [9.17, 15) is 14.9 Å². The monoisotopic (exact) mass is 213 g/mol. The summed E-state index contributed by atoms with van der Waals surface area (Å²) in [5, 5.41) is 14.1. The lowest BCUT2D eigenvalue weighted by molar-refractivity contribution is -0.385. The van der Waals surface area contributed by atoms with Crippen LogP contribution in [-0.4, -0.2) is 27.3 Å². The van der Waals surface area contributed by atoms with Crippen molar-refractivity contribution < 1.29 is 14.5 Å². The Morgan fingerprint density at radius 1 is 1.80 bits per heavy atom. The molecule has 0 aliphatic carbocycles. The van der Waals surface area contributed by atoms with Crippen molar-refractivity contribution >= 4 is 11.7 Å². The van der Waals surface area contributed by atoms with Gasteiger partial charge in [-0.1, -0.05) is 0 Å². The molecule has 1 aromatic heterocycles. The van der Waals surface area contributed by atoms with Gasteiger partial charge in [-0.15, -0.1) is 0 Å². The van der Waals surface area contributed by atoms with Gasteiger partial charge in [0, 0.05) is 0 Å². The van der Waals surface area contributed by atoms with Crippen LogP contribution >= 0.6 is 0 Å². The summed E-state index contributed by atoms with van der Waals surface area (Å²) in [6.45, 7) is 3.53. The van der Waals surface area contributed by atoms with Crippen molar-refractivity contribution in [3.63, 3.8) is 0 Å². The van der Waals surface area contributed by atoms with Crippen LogP contribution in [0.2, 0.25) is 0 Å². The number of carbonyl (C=O) groups excluding carboxylic acids is 1. The van der Waals surface area contributed by atoms with Gasteiger partial charge in [-0.3, -0.25) is 14.8 Å². The second kappa shape index (κ2) is 4.54. The third-order valence-corrected chi connectivity index (χ3v) is 1.82. The fourth-order valence-corrected chi connectivity index (χ4v) is 1.00. The second-order valence-electron chi connectivity index (χ2n) is 2.86. The quantitative estimate of drug-likeness (QED) is 0.421. The van der Waals surface area contributed by atoms with Crippen molar-refractivity contribution in [3.05, 3.63) is 22.5 Å². The van der Waals surface area contributed by atoms with Gasteiger partial charge in [0.2, 0.25) is 0 Å². The Bertz CT molecular complexity index is 374. The van der Waals surface area contributed by atoms with E-state index in [0.29, 0.717) is 0 Å². The summed E-state index contributed by atoms with van der Waals surface area (Å²) < 4.78 is 5.96. The molecule has 0 aromatic carbocycles. The highest BCUT2D eigenvalue weighted by Crippen LogP contribution is 2.13. The van der Waals surface area contributed by atoms with Gasteiger partial charge in [0.1, 0.15) is 18.4 Å². The summed E-state index contributed by atoms with van der Waals surface area (Å²) >= 11 is 0. The summed E-state index contributed by atoms with van der Waals surface area (Å²) in [4.78, 5) is 21.1. The highest BCUT2D eigenvalue weighted by molar-refractivity contribution is 5.73. The van der Waals surface area contributed by atoms with Crippen LogP contribution in [0, 0.1) is 10.1 Å². The Kier molecular flexibility index (Phi) is 3.37. The van der Waals surface area contributed by atoms with Crippen LogP contribution in [0.1, 0.15) is 19.9 Å². The van der Waals surface area contributed by atoms with Crippen molar-refractivity contribution in [2.24, 2.45) is 0 Å². The number of nitro groups is 1. The number of carbonyl (C=O) groups is 1. The molecule has 0 saturated heterocycles. The lowest BCUT2D eigenvalue weighted by Gasteiger charge is -2.09. The van der Waals surface area contributed by atoms with E-state index in [1.54, 1.807) is 13.8 Å². The molecule has 7 nitrogen and oxygen atoms in total. The second-order valence-corrected chi connectivity index (χ2v) is 2.86. The average Bonchev–Trinajstić information content (AvgIpc) is 2.65. The number of hydrogen-bond donors (Lipinski definition) is 0. The van der Waals surface area contributed by atoms with E-state index in [2.05, 4.69) is 5.10 Å². The van der Waals surface area contributed by atoms with Crippen LogP contribution in [0.4, 0.5) is 5.69 Å². The zero-order valence-electron chi connectivity index (χ0n) is 8.41. The first-order valence-corrected chi connectivity index (χ1v) is 4.41. The normalized spacial score (nSPS) is 12.1. The maximum atomic E-state index is 11.3. The Morgan fingerprint density at radius 2 is 2.47 bits per heavy atom. The fourth-order valence-electron chi connectivity index (χ4n) is 1.00. The molecule has 1 atom stereocenters. The van der Waals surface area contributed by atoms with Crippen molar-refractivity contribution in [1.29, 1.82) is 0 Å². The van der Waals surface area contributed by atoms with Crippen LogP contribution in [0.3, 0.4) is 0 Å². The van der Waals surface area contributed by atoms with Gasteiger partial charge in [-0.25, -0.2) is 4.79 Å². The lowest BCUT2D eigenvalue weighted by atomic mass is 10.3. The number of aromatic nitrogens is 2. The van der Waals surface area contributed by atoms with Crippen LogP contribution in [0.15, 0.2) is 12.4 Å². The Morgan fingerprint density at radius 3 is 2.93 bits per heavy atom. The maximum absolute atomic E-state index is 11.3. The summed E-state index contributed by atoms with van der Waals surface area (Å²) in [5.74, 6) is -0.463. The number of hydrogen-bond acceptors (Lipinski definition) is 5. The third-order valence-electron chi connectivity index (χ3n) is 1.82. The third kappa shape index (κ3) is 2.52.